The summed E-state index contributed by atoms with van der Waals surface area (Å²) in [5.41, 5.74) is 0. The van der Waals surface area contributed by atoms with Gasteiger partial charge in [-0.1, -0.05) is 39.5 Å². The molecule has 0 spiro atoms. The van der Waals surface area contributed by atoms with Crippen molar-refractivity contribution in [3.8, 4) is 0 Å². The Bertz CT molecular complexity index is 42.5. The summed E-state index contributed by atoms with van der Waals surface area (Å²) in [5, 5.41) is 4.24. The fourth-order valence-electron chi connectivity index (χ4n) is 0.808. The van der Waals surface area contributed by atoms with Crippen LogP contribution in [0.4, 0.5) is 0 Å². The standard InChI is InChI=1S/C8H18N.Ni/c1-3-5-6-7-8-9-4-2;/h3-8H2,1-2H3;/q-1;. The molecule has 0 rings (SSSR count). The van der Waals surface area contributed by atoms with E-state index in [0.717, 1.165) is 13.1 Å². The van der Waals surface area contributed by atoms with Crippen LogP contribution in [0.15, 0.2) is 0 Å². The first-order chi connectivity index (χ1) is 4.41. The Morgan fingerprint density at radius 1 is 1.00 bits per heavy atom. The molecule has 1 nitrogen and oxygen atoms in total. The Balaban J connectivity index is 0. The largest absolute Gasteiger partial charge is 0.662 e. The van der Waals surface area contributed by atoms with Gasteiger partial charge in [0.15, 0.2) is 0 Å². The Labute approximate surface area is 74.9 Å². The van der Waals surface area contributed by atoms with Crippen LogP contribution in [0.1, 0.15) is 39.5 Å². The molecule has 2 heteroatoms. The molecular formula is C8H18NNi-. The van der Waals surface area contributed by atoms with Crippen molar-refractivity contribution < 1.29 is 16.5 Å². The van der Waals surface area contributed by atoms with Crippen molar-refractivity contribution in [2.45, 2.75) is 39.5 Å². The van der Waals surface area contributed by atoms with E-state index in [1.807, 2.05) is 0 Å². The van der Waals surface area contributed by atoms with E-state index in [1.165, 1.54) is 25.7 Å². The predicted molar refractivity (Wildman–Crippen MR) is 42.9 cm³/mol. The summed E-state index contributed by atoms with van der Waals surface area (Å²) in [4.78, 5) is 0. The minimum atomic E-state index is 0. The van der Waals surface area contributed by atoms with Crippen molar-refractivity contribution in [1.82, 2.24) is 0 Å². The molecule has 0 amide bonds. The van der Waals surface area contributed by atoms with Crippen molar-refractivity contribution in [2.75, 3.05) is 13.1 Å². The number of nitrogens with zero attached hydrogens (tertiary/aromatic N) is 1. The topological polar surface area (TPSA) is 14.1 Å². The van der Waals surface area contributed by atoms with Crippen LogP contribution in [-0.2, 0) is 16.5 Å². The van der Waals surface area contributed by atoms with E-state index in [1.54, 1.807) is 0 Å². The molecule has 0 radical (unpaired) electrons. The van der Waals surface area contributed by atoms with Gasteiger partial charge in [0.2, 0.25) is 0 Å². The second-order valence-electron chi connectivity index (χ2n) is 2.32. The number of hydrogen-bond donors (Lipinski definition) is 0. The van der Waals surface area contributed by atoms with Crippen LogP contribution in [0.3, 0.4) is 0 Å². The SMILES string of the molecule is CCCCCC[N-]CC.[Ni]. The Hall–Kier alpha value is 0.454. The normalized spacial score (nSPS) is 9.00. The van der Waals surface area contributed by atoms with Gasteiger partial charge >= 0.3 is 0 Å². The van der Waals surface area contributed by atoms with Crippen LogP contribution in [0.2, 0.25) is 0 Å². The molecule has 0 saturated heterocycles. The monoisotopic (exact) mass is 186 g/mol. The maximum atomic E-state index is 4.24. The van der Waals surface area contributed by atoms with Gasteiger partial charge in [0.25, 0.3) is 0 Å². The van der Waals surface area contributed by atoms with E-state index >= 15 is 0 Å². The van der Waals surface area contributed by atoms with Gasteiger partial charge in [-0.05, 0) is 0 Å². The van der Waals surface area contributed by atoms with Crippen LogP contribution < -0.4 is 0 Å². The summed E-state index contributed by atoms with van der Waals surface area (Å²) in [6, 6.07) is 0. The quantitative estimate of drug-likeness (QED) is 0.448. The zero-order valence-electron chi connectivity index (χ0n) is 7.01. The van der Waals surface area contributed by atoms with Gasteiger partial charge in [-0.15, -0.1) is 6.54 Å². The molecule has 0 atom stereocenters. The molecule has 0 aliphatic heterocycles. The van der Waals surface area contributed by atoms with Gasteiger partial charge in [-0.2, -0.15) is 6.54 Å². The minimum absolute atomic E-state index is 0. The van der Waals surface area contributed by atoms with E-state index in [-0.39, 0.29) is 16.5 Å². The summed E-state index contributed by atoms with van der Waals surface area (Å²) in [7, 11) is 0. The summed E-state index contributed by atoms with van der Waals surface area (Å²) >= 11 is 0. The van der Waals surface area contributed by atoms with Gasteiger partial charge in [-0.25, -0.2) is 0 Å². The van der Waals surface area contributed by atoms with Crippen LogP contribution in [0, 0.1) is 0 Å². The molecular weight excluding hydrogens is 169 g/mol. The fourth-order valence-corrected chi connectivity index (χ4v) is 0.808. The molecule has 10 heavy (non-hydrogen) atoms. The summed E-state index contributed by atoms with van der Waals surface area (Å²) in [6.45, 7) is 6.40. The third-order valence-corrected chi connectivity index (χ3v) is 1.39. The van der Waals surface area contributed by atoms with Crippen LogP contribution in [-0.4, -0.2) is 13.1 Å². The maximum absolute atomic E-state index is 4.24. The first kappa shape index (κ1) is 13.1. The van der Waals surface area contributed by atoms with Crippen molar-refractivity contribution in [3.63, 3.8) is 0 Å². The molecule has 0 aliphatic rings. The van der Waals surface area contributed by atoms with Crippen molar-refractivity contribution in [1.29, 1.82) is 0 Å². The predicted octanol–water partition coefficient (Wildman–Crippen LogP) is 2.96. The summed E-state index contributed by atoms with van der Waals surface area (Å²) in [6.07, 6.45) is 5.35. The Morgan fingerprint density at radius 3 is 2.20 bits per heavy atom. The third-order valence-electron chi connectivity index (χ3n) is 1.39. The van der Waals surface area contributed by atoms with Crippen molar-refractivity contribution in [3.05, 3.63) is 5.32 Å². The van der Waals surface area contributed by atoms with Gasteiger partial charge in [0, 0.05) is 16.5 Å². The van der Waals surface area contributed by atoms with E-state index in [9.17, 15) is 0 Å². The molecule has 0 bridgehead atoms. The molecule has 0 saturated carbocycles. The zero-order valence-corrected chi connectivity index (χ0v) is 7.99. The second-order valence-corrected chi connectivity index (χ2v) is 2.32. The van der Waals surface area contributed by atoms with Gasteiger partial charge in [-0.3, -0.25) is 0 Å². The Morgan fingerprint density at radius 2 is 1.70 bits per heavy atom. The second kappa shape index (κ2) is 12.2. The summed E-state index contributed by atoms with van der Waals surface area (Å²) in [5.74, 6) is 0. The first-order valence-electron chi connectivity index (χ1n) is 4.05. The number of rotatable bonds is 6. The van der Waals surface area contributed by atoms with Crippen molar-refractivity contribution in [2.24, 2.45) is 0 Å². The summed E-state index contributed by atoms with van der Waals surface area (Å²) < 4.78 is 0. The molecule has 0 unspecified atom stereocenters. The minimum Gasteiger partial charge on any atom is -0.662 e. The van der Waals surface area contributed by atoms with Crippen molar-refractivity contribution >= 4 is 0 Å². The van der Waals surface area contributed by atoms with Crippen LogP contribution in [0.25, 0.3) is 5.32 Å². The molecule has 0 aromatic carbocycles. The van der Waals surface area contributed by atoms with E-state index in [2.05, 4.69) is 19.2 Å². The molecule has 66 valence electrons. The number of hydrogen-bond acceptors (Lipinski definition) is 0. The average Bonchev–Trinajstić information content (AvgIpc) is 1.89. The molecule has 0 aliphatic carbocycles. The smallest absolute Gasteiger partial charge is 0 e. The maximum Gasteiger partial charge on any atom is 0 e. The van der Waals surface area contributed by atoms with Gasteiger partial charge in [0.1, 0.15) is 0 Å². The molecule has 0 fully saturated rings. The first-order valence-corrected chi connectivity index (χ1v) is 4.05. The molecule has 0 N–H and O–H groups in total. The van der Waals surface area contributed by atoms with E-state index < -0.39 is 0 Å². The molecule has 0 aromatic heterocycles. The van der Waals surface area contributed by atoms with Crippen LogP contribution >= 0.6 is 0 Å². The van der Waals surface area contributed by atoms with E-state index in [4.69, 9.17) is 0 Å². The molecule has 0 heterocycles. The fraction of sp³-hybridized carbons (Fsp3) is 1.00. The van der Waals surface area contributed by atoms with E-state index in [0.29, 0.717) is 0 Å². The third kappa shape index (κ3) is 11.3. The average molecular weight is 187 g/mol. The molecule has 0 aromatic rings. The van der Waals surface area contributed by atoms with Gasteiger partial charge in [0.05, 0.1) is 0 Å². The Kier molecular flexibility index (Phi) is 15.9. The zero-order chi connectivity index (χ0) is 6.95. The van der Waals surface area contributed by atoms with Crippen LogP contribution in [0.5, 0.6) is 0 Å². The number of unbranched alkanes of at least 4 members (excludes halogenated alkanes) is 3. The van der Waals surface area contributed by atoms with Gasteiger partial charge < -0.3 is 5.32 Å².